The fraction of sp³-hybridized carbons (Fsp3) is 0.591. The number of rotatable bonds is 7. The van der Waals surface area contributed by atoms with Crippen LogP contribution < -0.4 is 10.2 Å². The van der Waals surface area contributed by atoms with Crippen LogP contribution in [0.1, 0.15) is 38.3 Å². The summed E-state index contributed by atoms with van der Waals surface area (Å²) < 4.78 is 2.00. The molecule has 1 aliphatic rings. The standard InChI is InChI=1S/C22H35N7.HI/c1-18-25-26-20(28(18)5)16-24-21(29-15-12-22(2,3)17-29)23-13-9-14-27(4)19-10-7-6-8-11-19;/h6-8,10-11H,9,12-17H2,1-5H3,(H,23,24);1H. The van der Waals surface area contributed by atoms with Crippen LogP contribution in [0.2, 0.25) is 0 Å². The number of para-hydroxylation sites is 1. The van der Waals surface area contributed by atoms with Crippen LogP contribution in [0.25, 0.3) is 0 Å². The lowest BCUT2D eigenvalue weighted by molar-refractivity contribution is 0.369. The second kappa shape index (κ2) is 11.0. The van der Waals surface area contributed by atoms with E-state index in [9.17, 15) is 0 Å². The highest BCUT2D eigenvalue weighted by atomic mass is 127. The van der Waals surface area contributed by atoms with Crippen LogP contribution >= 0.6 is 24.0 Å². The second-order valence-corrected chi connectivity index (χ2v) is 8.74. The molecule has 8 heteroatoms. The third-order valence-electron chi connectivity index (χ3n) is 5.68. The summed E-state index contributed by atoms with van der Waals surface area (Å²) in [6.07, 6.45) is 2.23. The first-order valence-corrected chi connectivity index (χ1v) is 10.5. The van der Waals surface area contributed by atoms with Crippen LogP contribution in [0, 0.1) is 12.3 Å². The smallest absolute Gasteiger partial charge is 0.194 e. The number of aryl methyl sites for hydroxylation is 1. The number of halogens is 1. The number of aromatic nitrogens is 3. The molecule has 0 spiro atoms. The Morgan fingerprint density at radius 2 is 1.97 bits per heavy atom. The third kappa shape index (κ3) is 6.58. The molecule has 2 aromatic rings. The molecule has 0 aliphatic carbocycles. The molecule has 1 saturated heterocycles. The number of aliphatic imine (C=N–C) groups is 1. The Hall–Kier alpha value is -1.84. The molecule has 0 unspecified atom stereocenters. The summed E-state index contributed by atoms with van der Waals surface area (Å²) >= 11 is 0. The molecular weight excluding hydrogens is 489 g/mol. The quantitative estimate of drug-likeness (QED) is 0.260. The van der Waals surface area contributed by atoms with Crippen LogP contribution in [0.3, 0.4) is 0 Å². The number of likely N-dealkylation sites (tertiary alicyclic amines) is 1. The van der Waals surface area contributed by atoms with Gasteiger partial charge in [-0.05, 0) is 37.3 Å². The van der Waals surface area contributed by atoms with Crippen molar-refractivity contribution in [3.05, 3.63) is 42.0 Å². The first-order chi connectivity index (χ1) is 13.9. The number of anilines is 1. The lowest BCUT2D eigenvalue weighted by atomic mass is 9.93. The number of hydrogen-bond donors (Lipinski definition) is 1. The zero-order valence-electron chi connectivity index (χ0n) is 18.9. The summed E-state index contributed by atoms with van der Waals surface area (Å²) in [6, 6.07) is 10.5. The maximum Gasteiger partial charge on any atom is 0.194 e. The topological polar surface area (TPSA) is 61.6 Å². The highest BCUT2D eigenvalue weighted by Crippen LogP contribution is 2.28. The van der Waals surface area contributed by atoms with Gasteiger partial charge in [0.1, 0.15) is 12.4 Å². The Morgan fingerprint density at radius 1 is 1.23 bits per heavy atom. The fourth-order valence-corrected chi connectivity index (χ4v) is 3.62. The van der Waals surface area contributed by atoms with E-state index < -0.39 is 0 Å². The molecule has 1 aromatic heterocycles. The zero-order valence-corrected chi connectivity index (χ0v) is 21.3. The monoisotopic (exact) mass is 525 g/mol. The first-order valence-electron chi connectivity index (χ1n) is 10.5. The molecule has 3 rings (SSSR count). The van der Waals surface area contributed by atoms with Gasteiger partial charge in [0.25, 0.3) is 0 Å². The Balaban J connectivity index is 0.00000320. The Labute approximate surface area is 198 Å². The van der Waals surface area contributed by atoms with E-state index in [1.807, 2.05) is 18.5 Å². The van der Waals surface area contributed by atoms with E-state index in [1.165, 1.54) is 12.1 Å². The minimum Gasteiger partial charge on any atom is -0.375 e. The molecule has 0 saturated carbocycles. The van der Waals surface area contributed by atoms with E-state index in [0.29, 0.717) is 12.0 Å². The van der Waals surface area contributed by atoms with Gasteiger partial charge in [-0.3, -0.25) is 0 Å². The van der Waals surface area contributed by atoms with E-state index in [2.05, 4.69) is 76.5 Å². The van der Waals surface area contributed by atoms with Crippen LogP contribution in [0.15, 0.2) is 35.3 Å². The number of guanidine groups is 1. The molecular formula is C22H36IN7. The molecule has 2 heterocycles. The maximum atomic E-state index is 4.89. The Kier molecular flexibility index (Phi) is 8.93. The van der Waals surface area contributed by atoms with Gasteiger partial charge in [-0.25, -0.2) is 4.99 Å². The molecule has 0 radical (unpaired) electrons. The Bertz CT molecular complexity index is 816. The summed E-state index contributed by atoms with van der Waals surface area (Å²) in [5, 5.41) is 12.0. The molecule has 166 valence electrons. The van der Waals surface area contributed by atoms with E-state index >= 15 is 0 Å². The van der Waals surface area contributed by atoms with Crippen molar-refractivity contribution in [1.82, 2.24) is 25.0 Å². The largest absolute Gasteiger partial charge is 0.375 e. The van der Waals surface area contributed by atoms with Gasteiger partial charge in [0.15, 0.2) is 11.8 Å². The van der Waals surface area contributed by atoms with Gasteiger partial charge in [0.2, 0.25) is 0 Å². The first kappa shape index (κ1) is 24.4. The third-order valence-corrected chi connectivity index (χ3v) is 5.68. The van der Waals surface area contributed by atoms with Gasteiger partial charge in [0, 0.05) is 46.0 Å². The summed E-state index contributed by atoms with van der Waals surface area (Å²) in [4.78, 5) is 9.56. The summed E-state index contributed by atoms with van der Waals surface area (Å²) in [6.45, 7) is 11.1. The van der Waals surface area contributed by atoms with Gasteiger partial charge in [-0.1, -0.05) is 32.0 Å². The average Bonchev–Trinajstić information content (AvgIpc) is 3.23. The van der Waals surface area contributed by atoms with Crippen molar-refractivity contribution in [1.29, 1.82) is 0 Å². The van der Waals surface area contributed by atoms with Crippen molar-refractivity contribution in [2.24, 2.45) is 17.5 Å². The summed E-state index contributed by atoms with van der Waals surface area (Å²) in [7, 11) is 4.13. The van der Waals surface area contributed by atoms with E-state index in [-0.39, 0.29) is 24.0 Å². The van der Waals surface area contributed by atoms with E-state index in [0.717, 1.165) is 50.2 Å². The lowest BCUT2D eigenvalue weighted by Gasteiger charge is -2.25. The van der Waals surface area contributed by atoms with Gasteiger partial charge >= 0.3 is 0 Å². The normalized spacial score (nSPS) is 15.8. The van der Waals surface area contributed by atoms with Gasteiger partial charge < -0.3 is 19.7 Å². The van der Waals surface area contributed by atoms with Crippen molar-refractivity contribution >= 4 is 35.6 Å². The number of nitrogens with one attached hydrogen (secondary N) is 1. The van der Waals surface area contributed by atoms with Crippen LogP contribution in [0.4, 0.5) is 5.69 Å². The van der Waals surface area contributed by atoms with Crippen LogP contribution in [-0.4, -0.2) is 58.9 Å². The van der Waals surface area contributed by atoms with Crippen LogP contribution in [-0.2, 0) is 13.6 Å². The molecule has 0 atom stereocenters. The molecule has 1 fully saturated rings. The predicted octanol–water partition coefficient (Wildman–Crippen LogP) is 3.45. The van der Waals surface area contributed by atoms with Gasteiger partial charge in [0.05, 0.1) is 0 Å². The van der Waals surface area contributed by atoms with Crippen molar-refractivity contribution < 1.29 is 0 Å². The number of benzene rings is 1. The maximum absolute atomic E-state index is 4.89. The van der Waals surface area contributed by atoms with Crippen molar-refractivity contribution in [3.63, 3.8) is 0 Å². The SMILES string of the molecule is Cc1nnc(CN=C(NCCCN(C)c2ccccc2)N2CCC(C)(C)C2)n1C.I. The molecule has 7 nitrogen and oxygen atoms in total. The lowest BCUT2D eigenvalue weighted by Crippen LogP contribution is -2.41. The number of hydrogen-bond acceptors (Lipinski definition) is 4. The van der Waals surface area contributed by atoms with Crippen molar-refractivity contribution in [2.75, 3.05) is 38.1 Å². The molecule has 1 aliphatic heterocycles. The summed E-state index contributed by atoms with van der Waals surface area (Å²) in [5.41, 5.74) is 1.58. The highest BCUT2D eigenvalue weighted by Gasteiger charge is 2.31. The molecule has 0 bridgehead atoms. The van der Waals surface area contributed by atoms with E-state index in [1.54, 1.807) is 0 Å². The molecule has 1 N–H and O–H groups in total. The minimum absolute atomic E-state index is 0. The number of nitrogens with zero attached hydrogens (tertiary/aromatic N) is 6. The second-order valence-electron chi connectivity index (χ2n) is 8.74. The van der Waals surface area contributed by atoms with Crippen molar-refractivity contribution in [3.8, 4) is 0 Å². The summed E-state index contributed by atoms with van der Waals surface area (Å²) in [5.74, 6) is 2.79. The Morgan fingerprint density at radius 3 is 2.57 bits per heavy atom. The zero-order chi connectivity index (χ0) is 20.9. The fourth-order valence-electron chi connectivity index (χ4n) is 3.62. The molecule has 30 heavy (non-hydrogen) atoms. The van der Waals surface area contributed by atoms with Gasteiger partial charge in [-0.2, -0.15) is 0 Å². The minimum atomic E-state index is 0. The van der Waals surface area contributed by atoms with Crippen molar-refractivity contribution in [2.45, 2.75) is 40.2 Å². The average molecular weight is 525 g/mol. The molecule has 0 amide bonds. The molecule has 1 aromatic carbocycles. The van der Waals surface area contributed by atoms with Crippen LogP contribution in [0.5, 0.6) is 0 Å². The van der Waals surface area contributed by atoms with E-state index in [4.69, 9.17) is 4.99 Å². The highest BCUT2D eigenvalue weighted by molar-refractivity contribution is 14.0. The van der Waals surface area contributed by atoms with Gasteiger partial charge in [-0.15, -0.1) is 34.2 Å². The predicted molar refractivity (Wildman–Crippen MR) is 135 cm³/mol.